The third-order valence-corrected chi connectivity index (χ3v) is 6.13. The van der Waals surface area contributed by atoms with Gasteiger partial charge in [-0.3, -0.25) is 14.5 Å². The zero-order valence-corrected chi connectivity index (χ0v) is 19.7. The molecule has 1 saturated heterocycles. The largest absolute Gasteiger partial charge is 0.497 e. The summed E-state index contributed by atoms with van der Waals surface area (Å²) >= 11 is 0. The van der Waals surface area contributed by atoms with Crippen molar-refractivity contribution in [1.29, 1.82) is 0 Å². The van der Waals surface area contributed by atoms with E-state index in [1.165, 1.54) is 5.56 Å². The van der Waals surface area contributed by atoms with E-state index in [1.54, 1.807) is 7.11 Å². The van der Waals surface area contributed by atoms with Crippen LogP contribution in [-0.2, 0) is 17.8 Å². The zero-order chi connectivity index (χ0) is 23.1. The van der Waals surface area contributed by atoms with Crippen molar-refractivity contribution in [2.75, 3.05) is 39.8 Å². The molecular weight excluding hydrogens is 402 g/mol. The van der Waals surface area contributed by atoms with Crippen LogP contribution in [0.3, 0.4) is 0 Å². The number of benzene rings is 2. The highest BCUT2D eigenvalue weighted by atomic mass is 16.5. The first-order chi connectivity index (χ1) is 15.4. The number of nitrogens with zero attached hydrogens (tertiary/aromatic N) is 3. The minimum atomic E-state index is 0.0349. The molecule has 2 amide bonds. The molecule has 2 aromatic rings. The quantitative estimate of drug-likeness (QED) is 0.635. The van der Waals surface area contributed by atoms with Gasteiger partial charge >= 0.3 is 0 Å². The molecule has 0 radical (unpaired) electrons. The monoisotopic (exact) mass is 437 g/mol. The smallest absolute Gasteiger partial charge is 0.253 e. The molecule has 0 saturated carbocycles. The Morgan fingerprint density at radius 1 is 0.969 bits per heavy atom. The molecule has 0 spiro atoms. The molecule has 0 unspecified atom stereocenters. The van der Waals surface area contributed by atoms with E-state index in [9.17, 15) is 9.59 Å². The summed E-state index contributed by atoms with van der Waals surface area (Å²) in [5.74, 6) is 0.872. The third kappa shape index (κ3) is 6.10. The van der Waals surface area contributed by atoms with Gasteiger partial charge in [-0.2, -0.15) is 0 Å². The molecule has 2 aromatic carbocycles. The fourth-order valence-corrected chi connectivity index (χ4v) is 4.06. The van der Waals surface area contributed by atoms with Gasteiger partial charge in [0, 0.05) is 44.3 Å². The van der Waals surface area contributed by atoms with Gasteiger partial charge in [0.25, 0.3) is 5.91 Å². The lowest BCUT2D eigenvalue weighted by atomic mass is 10.1. The molecule has 3 rings (SSSR count). The Labute approximate surface area is 191 Å². The summed E-state index contributed by atoms with van der Waals surface area (Å²) in [7, 11) is 1.62. The minimum Gasteiger partial charge on any atom is -0.497 e. The number of carbonyl (C=O) groups is 2. The zero-order valence-electron chi connectivity index (χ0n) is 19.7. The summed E-state index contributed by atoms with van der Waals surface area (Å²) in [4.78, 5) is 31.7. The number of methoxy groups -OCH3 is 1. The summed E-state index contributed by atoms with van der Waals surface area (Å²) < 4.78 is 5.24. The number of hydrogen-bond donors (Lipinski definition) is 0. The molecule has 1 aliphatic rings. The lowest BCUT2D eigenvalue weighted by Crippen LogP contribution is -2.51. The second kappa shape index (κ2) is 11.1. The van der Waals surface area contributed by atoms with E-state index in [4.69, 9.17) is 4.74 Å². The van der Waals surface area contributed by atoms with Crippen molar-refractivity contribution in [3.8, 4) is 5.75 Å². The Morgan fingerprint density at radius 3 is 2.22 bits per heavy atom. The molecule has 0 atom stereocenters. The fourth-order valence-electron chi connectivity index (χ4n) is 4.06. The lowest BCUT2D eigenvalue weighted by Gasteiger charge is -2.35. The highest BCUT2D eigenvalue weighted by Gasteiger charge is 2.25. The maximum Gasteiger partial charge on any atom is 0.253 e. The molecule has 172 valence electrons. The molecule has 0 aromatic heterocycles. The third-order valence-electron chi connectivity index (χ3n) is 6.13. The summed E-state index contributed by atoms with van der Waals surface area (Å²) in [6.45, 7) is 10.7. The molecule has 32 heavy (non-hydrogen) atoms. The van der Waals surface area contributed by atoms with Crippen LogP contribution in [0.25, 0.3) is 0 Å². The van der Waals surface area contributed by atoms with Gasteiger partial charge in [0.15, 0.2) is 0 Å². The number of ether oxygens (including phenoxy) is 1. The molecular formula is C26H35N3O3. The van der Waals surface area contributed by atoms with Crippen LogP contribution < -0.4 is 4.74 Å². The van der Waals surface area contributed by atoms with Gasteiger partial charge < -0.3 is 14.5 Å². The van der Waals surface area contributed by atoms with Crippen molar-refractivity contribution >= 4 is 11.8 Å². The van der Waals surface area contributed by atoms with E-state index >= 15 is 0 Å². The number of amides is 2. The van der Waals surface area contributed by atoms with Gasteiger partial charge in [-0.05, 0) is 55.8 Å². The van der Waals surface area contributed by atoms with Crippen LogP contribution in [0.4, 0.5) is 0 Å². The standard InChI is InChI=1S/C26H35N3O3/c1-5-27(20(2)3)19-21-9-11-23(12-10-21)26(31)29-15-13-28(14-16-29)25(30)18-22-7-6-8-24(17-22)32-4/h6-12,17,20H,5,13-16,18-19H2,1-4H3. The Kier molecular flexibility index (Phi) is 8.28. The topological polar surface area (TPSA) is 53.1 Å². The van der Waals surface area contributed by atoms with Crippen LogP contribution >= 0.6 is 0 Å². The summed E-state index contributed by atoms with van der Waals surface area (Å²) in [6, 6.07) is 16.0. The Hall–Kier alpha value is -2.86. The van der Waals surface area contributed by atoms with E-state index in [2.05, 4.69) is 25.7 Å². The SMILES string of the molecule is CCN(Cc1ccc(C(=O)N2CCN(C(=O)Cc3cccc(OC)c3)CC2)cc1)C(C)C. The highest BCUT2D eigenvalue weighted by Crippen LogP contribution is 2.16. The van der Waals surface area contributed by atoms with E-state index in [0.717, 1.165) is 24.4 Å². The molecule has 0 N–H and O–H groups in total. The molecule has 1 aliphatic heterocycles. The van der Waals surface area contributed by atoms with Crippen molar-refractivity contribution in [1.82, 2.24) is 14.7 Å². The maximum atomic E-state index is 12.9. The van der Waals surface area contributed by atoms with E-state index < -0.39 is 0 Å². The van der Waals surface area contributed by atoms with Gasteiger partial charge in [0.2, 0.25) is 5.91 Å². The summed E-state index contributed by atoms with van der Waals surface area (Å²) in [6.07, 6.45) is 0.345. The first-order valence-corrected chi connectivity index (χ1v) is 11.4. The van der Waals surface area contributed by atoms with Crippen LogP contribution in [0.1, 0.15) is 42.3 Å². The highest BCUT2D eigenvalue weighted by molar-refractivity contribution is 5.94. The van der Waals surface area contributed by atoms with Crippen molar-refractivity contribution in [3.05, 3.63) is 65.2 Å². The normalized spacial score (nSPS) is 14.2. The van der Waals surface area contributed by atoms with E-state index in [1.807, 2.05) is 58.3 Å². The van der Waals surface area contributed by atoms with Gasteiger partial charge in [-0.25, -0.2) is 0 Å². The Balaban J connectivity index is 1.52. The number of rotatable bonds is 8. The van der Waals surface area contributed by atoms with Gasteiger partial charge in [-0.1, -0.05) is 31.2 Å². The van der Waals surface area contributed by atoms with E-state index in [-0.39, 0.29) is 11.8 Å². The number of hydrogen-bond acceptors (Lipinski definition) is 4. The maximum absolute atomic E-state index is 12.9. The molecule has 0 bridgehead atoms. The predicted molar refractivity (Wildman–Crippen MR) is 127 cm³/mol. The number of piperazine rings is 1. The lowest BCUT2D eigenvalue weighted by molar-refractivity contribution is -0.131. The molecule has 6 heteroatoms. The van der Waals surface area contributed by atoms with Gasteiger partial charge in [-0.15, -0.1) is 0 Å². The van der Waals surface area contributed by atoms with Crippen LogP contribution in [0.2, 0.25) is 0 Å². The predicted octanol–water partition coefficient (Wildman–Crippen LogP) is 3.45. The van der Waals surface area contributed by atoms with Crippen LogP contribution in [0.5, 0.6) is 5.75 Å². The average molecular weight is 438 g/mol. The summed E-state index contributed by atoms with van der Waals surface area (Å²) in [5.41, 5.74) is 2.86. The van der Waals surface area contributed by atoms with Crippen LogP contribution in [0.15, 0.2) is 48.5 Å². The first kappa shape index (κ1) is 23.8. The molecule has 1 heterocycles. The minimum absolute atomic E-state index is 0.0349. The van der Waals surface area contributed by atoms with Crippen molar-refractivity contribution in [3.63, 3.8) is 0 Å². The second-order valence-corrected chi connectivity index (χ2v) is 8.56. The summed E-state index contributed by atoms with van der Waals surface area (Å²) in [5, 5.41) is 0. The molecule has 6 nitrogen and oxygen atoms in total. The fraction of sp³-hybridized carbons (Fsp3) is 0.462. The van der Waals surface area contributed by atoms with Crippen molar-refractivity contribution in [2.24, 2.45) is 0 Å². The molecule has 1 fully saturated rings. The van der Waals surface area contributed by atoms with Gasteiger partial charge in [0.1, 0.15) is 5.75 Å². The number of carbonyl (C=O) groups excluding carboxylic acids is 2. The average Bonchev–Trinajstić information content (AvgIpc) is 2.82. The van der Waals surface area contributed by atoms with E-state index in [0.29, 0.717) is 44.2 Å². The van der Waals surface area contributed by atoms with Crippen molar-refractivity contribution in [2.45, 2.75) is 39.8 Å². The first-order valence-electron chi connectivity index (χ1n) is 11.4. The molecule has 0 aliphatic carbocycles. The van der Waals surface area contributed by atoms with Crippen LogP contribution in [-0.4, -0.2) is 72.4 Å². The van der Waals surface area contributed by atoms with Crippen molar-refractivity contribution < 1.29 is 14.3 Å². The Bertz CT molecular complexity index is 903. The van der Waals surface area contributed by atoms with Crippen LogP contribution in [0, 0.1) is 0 Å². The van der Waals surface area contributed by atoms with Gasteiger partial charge in [0.05, 0.1) is 13.5 Å². The second-order valence-electron chi connectivity index (χ2n) is 8.56. The Morgan fingerprint density at radius 2 is 1.62 bits per heavy atom.